The minimum absolute atomic E-state index is 0.0595. The van der Waals surface area contributed by atoms with E-state index in [9.17, 15) is 9.59 Å². The van der Waals surface area contributed by atoms with Crippen molar-refractivity contribution >= 4 is 11.9 Å². The van der Waals surface area contributed by atoms with Crippen LogP contribution in [-0.2, 0) is 14.3 Å². The zero-order valence-corrected chi connectivity index (χ0v) is 12.1. The third-order valence-corrected chi connectivity index (χ3v) is 5.31. The molecular formula is C16H23NO3. The summed E-state index contributed by atoms with van der Waals surface area (Å²) < 4.78 is 4.95. The summed E-state index contributed by atoms with van der Waals surface area (Å²) in [6.45, 7) is 6.31. The average Bonchev–Trinajstić information content (AvgIpc) is 2.85. The predicted octanol–water partition coefficient (Wildman–Crippen LogP) is 1.86. The first-order valence-electron chi connectivity index (χ1n) is 7.72. The highest BCUT2D eigenvalue weighted by molar-refractivity contribution is 5.86. The maximum atomic E-state index is 12.6. The Morgan fingerprint density at radius 2 is 1.95 bits per heavy atom. The Morgan fingerprint density at radius 3 is 2.50 bits per heavy atom. The van der Waals surface area contributed by atoms with Crippen LogP contribution < -0.4 is 0 Å². The Kier molecular flexibility index (Phi) is 3.57. The third-order valence-electron chi connectivity index (χ3n) is 5.31. The molecular weight excluding hydrogens is 254 g/mol. The molecule has 0 aromatic rings. The molecule has 4 nitrogen and oxygen atoms in total. The highest BCUT2D eigenvalue weighted by Gasteiger charge is 2.67. The second-order valence-corrected chi connectivity index (χ2v) is 6.33. The minimum Gasteiger partial charge on any atom is -0.465 e. The molecule has 2 bridgehead atoms. The Morgan fingerprint density at radius 1 is 1.30 bits per heavy atom. The molecule has 3 aliphatic rings. The number of fused-ring (bicyclic) bond motifs is 5. The fraction of sp³-hybridized carbons (Fsp3) is 0.750. The van der Waals surface area contributed by atoms with Crippen LogP contribution in [-0.4, -0.2) is 36.5 Å². The van der Waals surface area contributed by atoms with Crippen molar-refractivity contribution in [2.75, 3.05) is 19.7 Å². The second-order valence-electron chi connectivity index (χ2n) is 6.33. The van der Waals surface area contributed by atoms with E-state index in [0.29, 0.717) is 25.0 Å². The topological polar surface area (TPSA) is 46.6 Å². The Labute approximate surface area is 120 Å². The number of carbonyl (C=O) groups excluding carboxylic acids is 2. The van der Waals surface area contributed by atoms with Crippen LogP contribution in [0.3, 0.4) is 0 Å². The summed E-state index contributed by atoms with van der Waals surface area (Å²) in [5.74, 6) is 2.75. The molecule has 0 spiro atoms. The van der Waals surface area contributed by atoms with E-state index in [1.54, 1.807) is 17.9 Å². The van der Waals surface area contributed by atoms with Gasteiger partial charge in [-0.25, -0.2) is 0 Å². The van der Waals surface area contributed by atoms with Crippen molar-refractivity contribution in [1.82, 2.24) is 4.90 Å². The number of nitrogens with zero attached hydrogens (tertiary/aromatic N) is 1. The summed E-state index contributed by atoms with van der Waals surface area (Å²) in [7, 11) is 0. The number of hydrogen-bond acceptors (Lipinski definition) is 3. The second kappa shape index (κ2) is 5.23. The predicted molar refractivity (Wildman–Crippen MR) is 74.7 cm³/mol. The van der Waals surface area contributed by atoms with E-state index >= 15 is 0 Å². The van der Waals surface area contributed by atoms with Crippen LogP contribution in [0.5, 0.6) is 0 Å². The van der Waals surface area contributed by atoms with Gasteiger partial charge in [-0.05, 0) is 49.9 Å². The van der Waals surface area contributed by atoms with E-state index in [0.717, 1.165) is 11.8 Å². The molecule has 20 heavy (non-hydrogen) atoms. The molecule has 4 heteroatoms. The van der Waals surface area contributed by atoms with Gasteiger partial charge in [-0.15, -0.1) is 6.58 Å². The van der Waals surface area contributed by atoms with Crippen LogP contribution in [0.15, 0.2) is 12.7 Å². The van der Waals surface area contributed by atoms with Gasteiger partial charge in [0, 0.05) is 12.5 Å². The van der Waals surface area contributed by atoms with E-state index < -0.39 is 0 Å². The van der Waals surface area contributed by atoms with Gasteiger partial charge in [0.1, 0.15) is 6.54 Å². The van der Waals surface area contributed by atoms with Crippen LogP contribution in [0.2, 0.25) is 0 Å². The summed E-state index contributed by atoms with van der Waals surface area (Å²) in [6, 6.07) is 0. The lowest BCUT2D eigenvalue weighted by molar-refractivity contribution is -0.149. The molecule has 0 N–H and O–H groups in total. The van der Waals surface area contributed by atoms with Gasteiger partial charge in [0.2, 0.25) is 5.91 Å². The van der Waals surface area contributed by atoms with Crippen molar-refractivity contribution in [3.05, 3.63) is 12.7 Å². The molecule has 3 rings (SSSR count). The zero-order valence-electron chi connectivity index (χ0n) is 12.1. The summed E-state index contributed by atoms with van der Waals surface area (Å²) in [6.07, 6.45) is 5.62. The lowest BCUT2D eigenvalue weighted by atomic mass is 10.0. The van der Waals surface area contributed by atoms with Gasteiger partial charge in [-0.1, -0.05) is 6.08 Å². The van der Waals surface area contributed by atoms with Crippen LogP contribution in [0.1, 0.15) is 26.2 Å². The minimum atomic E-state index is -0.323. The molecule has 0 aromatic heterocycles. The monoisotopic (exact) mass is 277 g/mol. The van der Waals surface area contributed by atoms with E-state index in [1.165, 1.54) is 19.3 Å². The van der Waals surface area contributed by atoms with Crippen LogP contribution >= 0.6 is 0 Å². The summed E-state index contributed by atoms with van der Waals surface area (Å²) in [5, 5.41) is 0. The van der Waals surface area contributed by atoms with Crippen LogP contribution in [0.4, 0.5) is 0 Å². The molecule has 0 aliphatic heterocycles. The van der Waals surface area contributed by atoms with Gasteiger partial charge in [0.05, 0.1) is 6.61 Å². The van der Waals surface area contributed by atoms with E-state index in [4.69, 9.17) is 4.74 Å². The van der Waals surface area contributed by atoms with Gasteiger partial charge in [0.15, 0.2) is 0 Å². The molecule has 1 amide bonds. The van der Waals surface area contributed by atoms with Crippen molar-refractivity contribution in [2.45, 2.75) is 26.2 Å². The van der Waals surface area contributed by atoms with Gasteiger partial charge >= 0.3 is 5.97 Å². The molecule has 0 aromatic carbocycles. The van der Waals surface area contributed by atoms with Crippen LogP contribution in [0.25, 0.3) is 0 Å². The van der Waals surface area contributed by atoms with Gasteiger partial charge in [-0.2, -0.15) is 0 Å². The van der Waals surface area contributed by atoms with Gasteiger partial charge in [-0.3, -0.25) is 9.59 Å². The Hall–Kier alpha value is -1.32. The first-order valence-corrected chi connectivity index (χ1v) is 7.72. The number of esters is 1. The molecule has 0 heterocycles. The fourth-order valence-corrected chi connectivity index (χ4v) is 4.62. The van der Waals surface area contributed by atoms with Crippen molar-refractivity contribution in [3.63, 3.8) is 0 Å². The Bertz CT molecular complexity index is 417. The summed E-state index contributed by atoms with van der Waals surface area (Å²) in [4.78, 5) is 25.9. The standard InChI is InChI=1S/C16H23NO3/c1-3-7-17(9-12(18)20-4-2)16(19)15-13-10-5-6-11(8-10)14(13)15/h3,10-11,13-15H,1,4-9H2,2H3. The lowest BCUT2D eigenvalue weighted by Gasteiger charge is -2.21. The normalized spacial score (nSPS) is 36.4. The quantitative estimate of drug-likeness (QED) is 0.550. The molecule has 4 atom stereocenters. The molecule has 4 unspecified atom stereocenters. The van der Waals surface area contributed by atoms with E-state index in [2.05, 4.69) is 6.58 Å². The maximum absolute atomic E-state index is 12.6. The lowest BCUT2D eigenvalue weighted by Crippen LogP contribution is -2.38. The first-order chi connectivity index (χ1) is 9.67. The molecule has 0 saturated heterocycles. The number of ether oxygens (including phenoxy) is 1. The van der Waals surface area contributed by atoms with Crippen molar-refractivity contribution in [1.29, 1.82) is 0 Å². The number of hydrogen-bond donors (Lipinski definition) is 0. The number of rotatable bonds is 6. The molecule has 3 aliphatic carbocycles. The molecule has 3 saturated carbocycles. The summed E-state index contributed by atoms with van der Waals surface area (Å²) in [5.41, 5.74) is 0. The number of amides is 1. The zero-order chi connectivity index (χ0) is 14.3. The first kappa shape index (κ1) is 13.7. The molecule has 3 fully saturated rings. The number of carbonyl (C=O) groups is 2. The highest BCUT2D eigenvalue weighted by atomic mass is 16.5. The summed E-state index contributed by atoms with van der Waals surface area (Å²) >= 11 is 0. The fourth-order valence-electron chi connectivity index (χ4n) is 4.62. The van der Waals surface area contributed by atoms with E-state index in [1.807, 2.05) is 0 Å². The molecule has 110 valence electrons. The van der Waals surface area contributed by atoms with Crippen LogP contribution in [0, 0.1) is 29.6 Å². The maximum Gasteiger partial charge on any atom is 0.325 e. The average molecular weight is 277 g/mol. The largest absolute Gasteiger partial charge is 0.465 e. The van der Waals surface area contributed by atoms with Gasteiger partial charge in [0.25, 0.3) is 0 Å². The third kappa shape index (κ3) is 2.15. The molecule has 0 radical (unpaired) electrons. The van der Waals surface area contributed by atoms with Gasteiger partial charge < -0.3 is 9.64 Å². The van der Waals surface area contributed by atoms with Crippen molar-refractivity contribution in [2.24, 2.45) is 29.6 Å². The highest BCUT2D eigenvalue weighted by Crippen LogP contribution is 2.69. The van der Waals surface area contributed by atoms with Crippen molar-refractivity contribution in [3.8, 4) is 0 Å². The SMILES string of the molecule is C=CCN(CC(=O)OCC)C(=O)C1C2C3CCC(C3)C12. The smallest absolute Gasteiger partial charge is 0.325 e. The van der Waals surface area contributed by atoms with Crippen molar-refractivity contribution < 1.29 is 14.3 Å². The Balaban J connectivity index is 1.62. The van der Waals surface area contributed by atoms with E-state index in [-0.39, 0.29) is 24.3 Å².